The van der Waals surface area contributed by atoms with Gasteiger partial charge >= 0.3 is 0 Å². The molecule has 0 radical (unpaired) electrons. The van der Waals surface area contributed by atoms with E-state index < -0.39 is 0 Å². The van der Waals surface area contributed by atoms with Crippen LogP contribution < -0.4 is 4.74 Å². The summed E-state index contributed by atoms with van der Waals surface area (Å²) >= 11 is 12.4. The van der Waals surface area contributed by atoms with Gasteiger partial charge in [-0.2, -0.15) is 0 Å². The zero-order chi connectivity index (χ0) is 14.4. The van der Waals surface area contributed by atoms with Crippen molar-refractivity contribution in [2.24, 2.45) is 0 Å². The van der Waals surface area contributed by atoms with Gasteiger partial charge in [0.15, 0.2) is 5.15 Å². The minimum atomic E-state index is 0.397. The number of hydrogen-bond acceptors (Lipinski definition) is 3. The quantitative estimate of drug-likeness (QED) is 0.661. The summed E-state index contributed by atoms with van der Waals surface area (Å²) in [5, 5.41) is 11.2. The number of hydrogen-bond donors (Lipinski definition) is 0. The summed E-state index contributed by atoms with van der Waals surface area (Å²) in [7, 11) is 0. The Morgan fingerprint density at radius 2 is 1.81 bits per heavy atom. The van der Waals surface area contributed by atoms with Crippen molar-refractivity contribution in [1.82, 2.24) is 10.2 Å². The fraction of sp³-hybridized carbons (Fsp3) is 0.125. The molecular weight excluding hydrogens is 307 g/mol. The summed E-state index contributed by atoms with van der Waals surface area (Å²) in [4.78, 5) is 0. The molecule has 0 amide bonds. The molecule has 0 N–H and O–H groups in total. The Morgan fingerprint density at radius 1 is 1.00 bits per heavy atom. The van der Waals surface area contributed by atoms with Crippen molar-refractivity contribution in [2.75, 3.05) is 6.61 Å². The summed E-state index contributed by atoms with van der Waals surface area (Å²) in [5.41, 5.74) is 2.73. The van der Waals surface area contributed by atoms with Crippen LogP contribution in [0.4, 0.5) is 0 Å². The molecule has 0 spiro atoms. The van der Waals surface area contributed by atoms with Gasteiger partial charge in [0.25, 0.3) is 0 Å². The lowest BCUT2D eigenvalue weighted by Gasteiger charge is -2.10. The predicted molar refractivity (Wildman–Crippen MR) is 84.2 cm³/mol. The molecule has 1 aliphatic heterocycles. The van der Waals surface area contributed by atoms with Crippen LogP contribution in [0, 0.1) is 0 Å². The first kappa shape index (κ1) is 12.9. The largest absolute Gasteiger partial charge is 0.492 e. The van der Waals surface area contributed by atoms with Gasteiger partial charge in [0.1, 0.15) is 11.4 Å². The first-order valence-corrected chi connectivity index (χ1v) is 7.36. The topological polar surface area (TPSA) is 35.0 Å². The third-order valence-electron chi connectivity index (χ3n) is 3.65. The summed E-state index contributed by atoms with van der Waals surface area (Å²) in [6.45, 7) is 0.668. The van der Waals surface area contributed by atoms with Gasteiger partial charge in [-0.1, -0.05) is 47.5 Å². The second-order valence-corrected chi connectivity index (χ2v) is 5.72. The highest BCUT2D eigenvalue weighted by atomic mass is 35.5. The first-order chi connectivity index (χ1) is 10.2. The summed E-state index contributed by atoms with van der Waals surface area (Å²) in [6.07, 6.45) is 0.863. The van der Waals surface area contributed by atoms with Crippen LogP contribution in [0.5, 0.6) is 5.75 Å². The Hall–Kier alpha value is -1.84. The molecule has 2 aromatic carbocycles. The number of fused-ring (bicyclic) bond motifs is 2. The predicted octanol–water partition coefficient (Wildman–Crippen LogP) is 4.54. The van der Waals surface area contributed by atoms with E-state index in [0.717, 1.165) is 39.8 Å². The minimum absolute atomic E-state index is 0.397. The first-order valence-electron chi connectivity index (χ1n) is 6.60. The van der Waals surface area contributed by atoms with E-state index in [9.17, 15) is 0 Å². The van der Waals surface area contributed by atoms with E-state index in [-0.39, 0.29) is 0 Å². The molecule has 1 aliphatic rings. The molecule has 1 aromatic heterocycles. The van der Waals surface area contributed by atoms with Gasteiger partial charge in [-0.25, -0.2) is 0 Å². The Kier molecular flexibility index (Phi) is 2.98. The second kappa shape index (κ2) is 4.86. The molecular formula is C16H10Cl2N2O. The van der Waals surface area contributed by atoms with Gasteiger partial charge in [-0.3, -0.25) is 0 Å². The van der Waals surface area contributed by atoms with Gasteiger partial charge < -0.3 is 4.74 Å². The minimum Gasteiger partial charge on any atom is -0.492 e. The standard InChI is InChI=1S/C16H10Cl2N2O/c17-10-7-9-5-6-21-15(9)13(8-10)14-11-3-1-2-4-12(11)16(18)20-19-14/h1-4,7-8H,5-6H2. The molecule has 5 heteroatoms. The number of nitrogens with zero attached hydrogens (tertiary/aromatic N) is 2. The lowest BCUT2D eigenvalue weighted by molar-refractivity contribution is 0.358. The molecule has 3 aromatic rings. The van der Waals surface area contributed by atoms with Gasteiger partial charge in [0.05, 0.1) is 6.61 Å². The van der Waals surface area contributed by atoms with E-state index in [4.69, 9.17) is 27.9 Å². The molecule has 0 bridgehead atoms. The summed E-state index contributed by atoms with van der Waals surface area (Å²) in [5.74, 6) is 0.848. The highest BCUT2D eigenvalue weighted by Gasteiger charge is 2.21. The van der Waals surface area contributed by atoms with Crippen LogP contribution >= 0.6 is 23.2 Å². The molecule has 104 valence electrons. The highest BCUT2D eigenvalue weighted by molar-refractivity contribution is 6.34. The van der Waals surface area contributed by atoms with Crippen LogP contribution in [0.25, 0.3) is 22.0 Å². The lowest BCUT2D eigenvalue weighted by atomic mass is 10.0. The maximum Gasteiger partial charge on any atom is 0.159 e. The van der Waals surface area contributed by atoms with Crippen LogP contribution in [0.3, 0.4) is 0 Å². The molecule has 0 saturated heterocycles. The summed E-state index contributed by atoms with van der Waals surface area (Å²) < 4.78 is 5.76. The van der Waals surface area contributed by atoms with Crippen LogP contribution in [-0.4, -0.2) is 16.8 Å². The highest BCUT2D eigenvalue weighted by Crippen LogP contribution is 2.41. The Morgan fingerprint density at radius 3 is 2.67 bits per heavy atom. The normalized spacial score (nSPS) is 13.2. The number of ether oxygens (including phenoxy) is 1. The molecule has 0 aliphatic carbocycles. The molecule has 4 rings (SSSR count). The van der Waals surface area contributed by atoms with Crippen LogP contribution in [0.1, 0.15) is 5.56 Å². The average Bonchev–Trinajstić information content (AvgIpc) is 2.95. The lowest BCUT2D eigenvalue weighted by Crippen LogP contribution is -1.94. The van der Waals surface area contributed by atoms with E-state index in [1.54, 1.807) is 0 Å². The van der Waals surface area contributed by atoms with Crippen molar-refractivity contribution in [3.8, 4) is 17.0 Å². The molecule has 0 fully saturated rings. The molecule has 3 nitrogen and oxygen atoms in total. The van der Waals surface area contributed by atoms with Crippen molar-refractivity contribution in [3.63, 3.8) is 0 Å². The maximum absolute atomic E-state index is 6.23. The third kappa shape index (κ3) is 2.04. The zero-order valence-corrected chi connectivity index (χ0v) is 12.4. The number of benzene rings is 2. The Labute approximate surface area is 131 Å². The molecule has 0 unspecified atom stereocenters. The fourth-order valence-electron chi connectivity index (χ4n) is 2.72. The van der Waals surface area contributed by atoms with E-state index in [2.05, 4.69) is 10.2 Å². The molecule has 0 atom stereocenters. The molecule has 0 saturated carbocycles. The Balaban J connectivity index is 2.07. The maximum atomic E-state index is 6.23. The monoisotopic (exact) mass is 316 g/mol. The van der Waals surface area contributed by atoms with Crippen molar-refractivity contribution in [1.29, 1.82) is 0 Å². The smallest absolute Gasteiger partial charge is 0.159 e. The number of aromatic nitrogens is 2. The van der Waals surface area contributed by atoms with E-state index in [1.165, 1.54) is 0 Å². The second-order valence-electron chi connectivity index (χ2n) is 4.93. The van der Waals surface area contributed by atoms with Crippen molar-refractivity contribution < 1.29 is 4.74 Å². The van der Waals surface area contributed by atoms with Gasteiger partial charge in [0.2, 0.25) is 0 Å². The third-order valence-corrected chi connectivity index (χ3v) is 4.14. The Bertz CT molecular complexity index is 864. The van der Waals surface area contributed by atoms with Crippen LogP contribution in [-0.2, 0) is 6.42 Å². The SMILES string of the molecule is Clc1cc2c(c(-c3nnc(Cl)c4ccccc34)c1)OCC2. The summed E-state index contributed by atoms with van der Waals surface area (Å²) in [6, 6.07) is 11.6. The van der Waals surface area contributed by atoms with Crippen LogP contribution in [0.15, 0.2) is 36.4 Å². The van der Waals surface area contributed by atoms with Crippen molar-refractivity contribution in [3.05, 3.63) is 52.1 Å². The van der Waals surface area contributed by atoms with Crippen LogP contribution in [0.2, 0.25) is 10.2 Å². The van der Waals surface area contributed by atoms with E-state index >= 15 is 0 Å². The molecule has 21 heavy (non-hydrogen) atoms. The average molecular weight is 317 g/mol. The van der Waals surface area contributed by atoms with Gasteiger partial charge in [-0.15, -0.1) is 10.2 Å². The zero-order valence-electron chi connectivity index (χ0n) is 10.9. The number of halogens is 2. The van der Waals surface area contributed by atoms with Crippen molar-refractivity contribution >= 4 is 34.0 Å². The van der Waals surface area contributed by atoms with E-state index in [0.29, 0.717) is 16.8 Å². The number of rotatable bonds is 1. The van der Waals surface area contributed by atoms with Gasteiger partial charge in [0, 0.05) is 27.8 Å². The van der Waals surface area contributed by atoms with E-state index in [1.807, 2.05) is 36.4 Å². The fourth-order valence-corrected chi connectivity index (χ4v) is 3.16. The van der Waals surface area contributed by atoms with Crippen molar-refractivity contribution in [2.45, 2.75) is 6.42 Å². The molecule has 2 heterocycles. The van der Waals surface area contributed by atoms with Gasteiger partial charge in [-0.05, 0) is 17.7 Å².